The third-order valence-electron chi connectivity index (χ3n) is 8.65. The molecule has 2 aromatic rings. The fourth-order valence-corrected chi connectivity index (χ4v) is 6.65. The molecule has 1 aromatic heterocycles. The van der Waals surface area contributed by atoms with E-state index in [2.05, 4.69) is 15.6 Å². The maximum atomic E-state index is 14.4. The molecule has 0 saturated carbocycles. The van der Waals surface area contributed by atoms with Gasteiger partial charge in [0.05, 0.1) is 24.1 Å². The number of nitrogens with one attached hydrogen (secondary N) is 1. The average molecular weight is 593 g/mol. The monoisotopic (exact) mass is 592 g/mol. The normalized spacial score (nSPS) is 31.9. The topological polar surface area (TPSA) is 156 Å². The quantitative estimate of drug-likeness (QED) is 0.278. The minimum absolute atomic E-state index is 0.0483. The second-order valence-corrected chi connectivity index (χ2v) is 11.5. The summed E-state index contributed by atoms with van der Waals surface area (Å²) >= 11 is 0. The van der Waals surface area contributed by atoms with Crippen molar-refractivity contribution < 1.29 is 33.8 Å². The van der Waals surface area contributed by atoms with Gasteiger partial charge in [-0.1, -0.05) is 41.7 Å². The number of aliphatic hydroxyl groups excluding tert-OH is 1. The van der Waals surface area contributed by atoms with Crippen LogP contribution in [-0.4, -0.2) is 104 Å². The molecule has 5 heterocycles. The zero-order chi connectivity index (χ0) is 30.1. The highest BCUT2D eigenvalue weighted by Crippen LogP contribution is 2.53. The molecule has 0 unspecified atom stereocenters. The van der Waals surface area contributed by atoms with Crippen LogP contribution in [0.15, 0.2) is 48.6 Å². The molecule has 0 aliphatic carbocycles. The van der Waals surface area contributed by atoms with E-state index < -0.39 is 41.7 Å². The summed E-state index contributed by atoms with van der Waals surface area (Å²) in [5.74, 6) is -3.44. The van der Waals surface area contributed by atoms with E-state index >= 15 is 0 Å². The molecule has 4 aliphatic heterocycles. The molecule has 2 N–H and O–H groups in total. The Morgan fingerprint density at radius 3 is 2.79 bits per heavy atom. The van der Waals surface area contributed by atoms with Gasteiger partial charge in [-0.15, -0.1) is 5.10 Å². The summed E-state index contributed by atoms with van der Waals surface area (Å²) in [5.41, 5.74) is 0.0506. The van der Waals surface area contributed by atoms with Crippen molar-refractivity contribution in [2.75, 3.05) is 26.2 Å². The van der Waals surface area contributed by atoms with Crippen molar-refractivity contribution in [1.29, 1.82) is 0 Å². The number of likely N-dealkylation sites (tertiary alicyclic amines) is 1. The number of carbonyl (C=O) groups excluding carboxylic acids is 4. The third-order valence-corrected chi connectivity index (χ3v) is 8.65. The van der Waals surface area contributed by atoms with Crippen LogP contribution in [0.2, 0.25) is 0 Å². The summed E-state index contributed by atoms with van der Waals surface area (Å²) < 4.78 is 14.0. The first-order valence-electron chi connectivity index (χ1n) is 14.8. The fraction of sp³-hybridized carbons (Fsp3) is 0.533. The number of hydrogen-bond donors (Lipinski definition) is 2. The van der Waals surface area contributed by atoms with Crippen molar-refractivity contribution in [2.45, 2.75) is 63.1 Å². The maximum Gasteiger partial charge on any atom is 0.313 e. The van der Waals surface area contributed by atoms with Crippen LogP contribution in [0, 0.1) is 11.8 Å². The maximum absolute atomic E-state index is 14.4. The molecule has 0 bridgehead atoms. The summed E-state index contributed by atoms with van der Waals surface area (Å²) in [7, 11) is 0. The highest BCUT2D eigenvalue weighted by molar-refractivity contribution is 5.99. The summed E-state index contributed by atoms with van der Waals surface area (Å²) in [4.78, 5) is 57.7. The zero-order valence-corrected chi connectivity index (χ0v) is 24.0. The molecule has 1 spiro atoms. The number of cyclic esters (lactones) is 1. The van der Waals surface area contributed by atoms with E-state index in [1.54, 1.807) is 34.7 Å². The van der Waals surface area contributed by atoms with Gasteiger partial charge in [0.1, 0.15) is 35.9 Å². The Kier molecular flexibility index (Phi) is 8.01. The number of para-hydroxylation sites is 1. The Morgan fingerprint density at radius 1 is 1.12 bits per heavy atom. The number of carbonyl (C=O) groups is 4. The number of hydrogen-bond acceptors (Lipinski definition) is 9. The van der Waals surface area contributed by atoms with Crippen molar-refractivity contribution >= 4 is 34.7 Å². The van der Waals surface area contributed by atoms with E-state index in [0.29, 0.717) is 24.8 Å². The lowest BCUT2D eigenvalue weighted by Crippen LogP contribution is -2.55. The van der Waals surface area contributed by atoms with E-state index in [4.69, 9.17) is 9.47 Å². The molecule has 6 atom stereocenters. The number of aromatic nitrogens is 3. The minimum atomic E-state index is -1.41. The van der Waals surface area contributed by atoms with Crippen LogP contribution in [0.3, 0.4) is 0 Å². The van der Waals surface area contributed by atoms with E-state index in [1.807, 2.05) is 30.3 Å². The number of esters is 1. The largest absolute Gasteiger partial charge is 0.460 e. The first kappa shape index (κ1) is 29.0. The lowest BCUT2D eigenvalue weighted by atomic mass is 9.78. The molecule has 6 rings (SSSR count). The van der Waals surface area contributed by atoms with E-state index in [1.165, 1.54) is 4.90 Å². The summed E-state index contributed by atoms with van der Waals surface area (Å²) in [6, 6.07) is 6.41. The molecular weight excluding hydrogens is 556 g/mol. The van der Waals surface area contributed by atoms with Crippen molar-refractivity contribution in [1.82, 2.24) is 30.1 Å². The van der Waals surface area contributed by atoms with Crippen molar-refractivity contribution in [3.8, 4) is 0 Å². The van der Waals surface area contributed by atoms with E-state index in [9.17, 15) is 24.3 Å². The standard InChI is InChI=1S/C30H36N6O7/c1-19-17-31-23(38)12-5-4-11-22-24(29(41)42-19)25-27(39)35(15-6-7-16-37)26-28(40)34(14-8-13-30(25,26)43-22)18-36-21-10-3-2-9-20(21)32-33-36/h2-4,8-11,13,19,22,24-26,37H,5-7,12,14-18H2,1H3,(H,31,38)/b11-4-/t19-,22-,24+,25+,26-,30+/m0/s1. The Hall–Kier alpha value is -4.10. The first-order valence-corrected chi connectivity index (χ1v) is 14.8. The SMILES string of the molecule is C[C@H]1CNC(=O)CC/C=C\[C@@H]2O[C@@]34C=CCN(Cn5nnc6ccccc65)C(=O)[C@@H]3N(CCCCO)C(=O)[C@H]4[C@@H]2C(=O)O1. The first-order chi connectivity index (χ1) is 20.8. The Morgan fingerprint density at radius 2 is 1.95 bits per heavy atom. The summed E-state index contributed by atoms with van der Waals surface area (Å²) in [6.07, 6.45) is 7.22. The van der Waals surface area contributed by atoms with E-state index in [-0.39, 0.29) is 57.1 Å². The zero-order valence-electron chi connectivity index (χ0n) is 24.0. The van der Waals surface area contributed by atoms with Gasteiger partial charge in [0.25, 0.3) is 5.91 Å². The molecule has 13 heteroatoms. The third kappa shape index (κ3) is 5.20. The average Bonchev–Trinajstić information content (AvgIpc) is 3.58. The van der Waals surface area contributed by atoms with Gasteiger partial charge in [-0.05, 0) is 38.3 Å². The van der Waals surface area contributed by atoms with Gasteiger partial charge in [-0.2, -0.15) is 0 Å². The van der Waals surface area contributed by atoms with Crippen LogP contribution in [0.4, 0.5) is 0 Å². The number of rotatable bonds is 6. The number of unbranched alkanes of at least 4 members (excludes halogenated alkanes) is 1. The highest BCUT2D eigenvalue weighted by Gasteiger charge is 2.71. The fourth-order valence-electron chi connectivity index (χ4n) is 6.65. The van der Waals surface area contributed by atoms with Crippen LogP contribution in [-0.2, 0) is 35.3 Å². The molecule has 228 valence electrons. The van der Waals surface area contributed by atoms with Gasteiger partial charge in [-0.3, -0.25) is 19.2 Å². The van der Waals surface area contributed by atoms with Gasteiger partial charge in [0.15, 0.2) is 0 Å². The number of fused-ring (bicyclic) bond motifs is 3. The predicted octanol–water partition coefficient (Wildman–Crippen LogP) is 0.538. The van der Waals surface area contributed by atoms with Gasteiger partial charge < -0.3 is 29.7 Å². The molecule has 4 aliphatic rings. The van der Waals surface area contributed by atoms with Gasteiger partial charge >= 0.3 is 5.97 Å². The number of aliphatic hydroxyl groups is 1. The molecule has 3 amide bonds. The van der Waals surface area contributed by atoms with Gasteiger partial charge in [-0.25, -0.2) is 4.68 Å². The number of nitrogens with zero attached hydrogens (tertiary/aromatic N) is 5. The number of ether oxygens (including phenoxy) is 2. The lowest BCUT2D eigenvalue weighted by Gasteiger charge is -2.35. The number of benzene rings is 1. The lowest BCUT2D eigenvalue weighted by molar-refractivity contribution is -0.159. The van der Waals surface area contributed by atoms with Crippen molar-refractivity contribution in [2.24, 2.45) is 11.8 Å². The molecule has 2 saturated heterocycles. The van der Waals surface area contributed by atoms with Crippen molar-refractivity contribution in [3.63, 3.8) is 0 Å². The summed E-state index contributed by atoms with van der Waals surface area (Å²) in [6.45, 7) is 2.34. The smallest absolute Gasteiger partial charge is 0.313 e. The highest BCUT2D eigenvalue weighted by atomic mass is 16.6. The number of amides is 3. The second kappa shape index (κ2) is 11.9. The Bertz CT molecular complexity index is 1470. The van der Waals surface area contributed by atoms with E-state index in [0.717, 1.165) is 5.52 Å². The van der Waals surface area contributed by atoms with Gasteiger partial charge in [0.2, 0.25) is 11.8 Å². The van der Waals surface area contributed by atoms with Crippen LogP contribution in [0.5, 0.6) is 0 Å². The van der Waals surface area contributed by atoms with Crippen LogP contribution < -0.4 is 5.32 Å². The van der Waals surface area contributed by atoms with Crippen LogP contribution >= 0.6 is 0 Å². The summed E-state index contributed by atoms with van der Waals surface area (Å²) in [5, 5.41) is 20.6. The molecule has 2 fully saturated rings. The molecule has 43 heavy (non-hydrogen) atoms. The van der Waals surface area contributed by atoms with Crippen LogP contribution in [0.1, 0.15) is 32.6 Å². The van der Waals surface area contributed by atoms with Gasteiger partial charge in [0, 0.05) is 26.1 Å². The molecule has 0 radical (unpaired) electrons. The predicted molar refractivity (Wildman–Crippen MR) is 152 cm³/mol. The number of allylic oxidation sites excluding steroid dienone is 1. The molecule has 13 nitrogen and oxygen atoms in total. The van der Waals surface area contributed by atoms with Crippen LogP contribution in [0.25, 0.3) is 11.0 Å². The molecule has 1 aromatic carbocycles. The van der Waals surface area contributed by atoms with Crippen molar-refractivity contribution in [3.05, 3.63) is 48.6 Å². The Balaban J connectivity index is 1.37. The molecular formula is C30H36N6O7. The minimum Gasteiger partial charge on any atom is -0.460 e. The second-order valence-electron chi connectivity index (χ2n) is 11.5. The Labute approximate surface area is 248 Å².